The van der Waals surface area contributed by atoms with Gasteiger partial charge in [0.1, 0.15) is 0 Å². The van der Waals surface area contributed by atoms with E-state index in [1.54, 1.807) is 4.68 Å². The Morgan fingerprint density at radius 3 is 2.67 bits per heavy atom. The molecule has 3 rings (SSSR count). The maximum atomic E-state index is 12.5. The number of hydrogen-bond acceptors (Lipinski definition) is 4. The zero-order chi connectivity index (χ0) is 19.4. The monoisotopic (exact) mass is 371 g/mol. The van der Waals surface area contributed by atoms with E-state index in [1.165, 1.54) is 5.56 Å². The quantitative estimate of drug-likeness (QED) is 0.434. The van der Waals surface area contributed by atoms with Crippen molar-refractivity contribution in [3.05, 3.63) is 35.5 Å². The predicted molar refractivity (Wildman–Crippen MR) is 111 cm³/mol. The zero-order valence-electron chi connectivity index (χ0n) is 16.9. The minimum Gasteiger partial charge on any atom is -0.381 e. The number of ketones is 1. The highest BCUT2D eigenvalue weighted by Crippen LogP contribution is 2.34. The summed E-state index contributed by atoms with van der Waals surface area (Å²) < 4.78 is 7.17. The Kier molecular flexibility index (Phi) is 6.55. The third kappa shape index (κ3) is 4.53. The first-order chi connectivity index (χ1) is 13.0. The van der Waals surface area contributed by atoms with Gasteiger partial charge in [-0.25, -0.2) is 0 Å². The van der Waals surface area contributed by atoms with Gasteiger partial charge in [0, 0.05) is 36.2 Å². The van der Waals surface area contributed by atoms with E-state index in [2.05, 4.69) is 31.9 Å². The summed E-state index contributed by atoms with van der Waals surface area (Å²) in [5.41, 5.74) is 3.04. The number of carbonyl (C=O) groups excluding carboxylic acids is 1. The lowest BCUT2D eigenvalue weighted by atomic mass is 9.88. The molecule has 1 aromatic heterocycles. The van der Waals surface area contributed by atoms with Crippen LogP contribution in [0, 0.1) is 0 Å². The molecule has 0 unspecified atom stereocenters. The molecule has 0 amide bonds. The lowest BCUT2D eigenvalue weighted by Gasteiger charge is -2.34. The van der Waals surface area contributed by atoms with E-state index in [-0.39, 0.29) is 5.78 Å². The standard InChI is InChI=1S/C22H33N3O2/c1-4-12-27-13-9-22(26)18-5-6-21-19(14-18)20(15-25(21)23)17-7-10-24(11-8-17)16(2)3/h5-6,14-17H,4,7-13,23H2,1-3H3. The predicted octanol–water partition coefficient (Wildman–Crippen LogP) is 3.94. The second kappa shape index (κ2) is 8.89. The Balaban J connectivity index is 1.77. The van der Waals surface area contributed by atoms with Crippen molar-refractivity contribution in [3.8, 4) is 0 Å². The van der Waals surface area contributed by atoms with Crippen molar-refractivity contribution in [1.82, 2.24) is 9.58 Å². The first-order valence-corrected chi connectivity index (χ1v) is 10.3. The largest absolute Gasteiger partial charge is 0.381 e. The molecule has 1 aliphatic rings. The van der Waals surface area contributed by atoms with Gasteiger partial charge in [-0.3, -0.25) is 9.47 Å². The van der Waals surface area contributed by atoms with Gasteiger partial charge < -0.3 is 15.5 Å². The van der Waals surface area contributed by atoms with Gasteiger partial charge >= 0.3 is 0 Å². The van der Waals surface area contributed by atoms with Crippen LogP contribution < -0.4 is 5.84 Å². The highest BCUT2D eigenvalue weighted by molar-refractivity contribution is 6.00. The second-order valence-corrected chi connectivity index (χ2v) is 7.91. The molecule has 1 aliphatic heterocycles. The fourth-order valence-electron chi connectivity index (χ4n) is 4.06. The number of aromatic nitrogens is 1. The Labute approximate surface area is 162 Å². The molecule has 1 aromatic carbocycles. The van der Waals surface area contributed by atoms with E-state index in [9.17, 15) is 4.79 Å². The van der Waals surface area contributed by atoms with Gasteiger partial charge in [-0.2, -0.15) is 0 Å². The number of fused-ring (bicyclic) bond motifs is 1. The smallest absolute Gasteiger partial charge is 0.165 e. The third-order valence-corrected chi connectivity index (χ3v) is 5.71. The van der Waals surface area contributed by atoms with Gasteiger partial charge in [-0.05, 0) is 75.9 Å². The van der Waals surface area contributed by atoms with Crippen molar-refractivity contribution in [2.75, 3.05) is 32.1 Å². The van der Waals surface area contributed by atoms with Crippen molar-refractivity contribution in [3.63, 3.8) is 0 Å². The number of piperidine rings is 1. The molecule has 5 heteroatoms. The molecule has 148 valence electrons. The van der Waals surface area contributed by atoms with E-state index in [4.69, 9.17) is 10.6 Å². The van der Waals surface area contributed by atoms with Gasteiger partial charge in [-0.1, -0.05) is 6.92 Å². The summed E-state index contributed by atoms with van der Waals surface area (Å²) in [5.74, 6) is 6.84. The summed E-state index contributed by atoms with van der Waals surface area (Å²) in [4.78, 5) is 15.1. The van der Waals surface area contributed by atoms with Gasteiger partial charge in [0.15, 0.2) is 5.78 Å². The van der Waals surface area contributed by atoms with Crippen molar-refractivity contribution in [1.29, 1.82) is 0 Å². The molecule has 0 radical (unpaired) electrons. The molecule has 0 bridgehead atoms. The summed E-state index contributed by atoms with van der Waals surface area (Å²) in [6, 6.07) is 6.49. The van der Waals surface area contributed by atoms with E-state index >= 15 is 0 Å². The van der Waals surface area contributed by atoms with E-state index in [0.29, 0.717) is 31.6 Å². The molecule has 27 heavy (non-hydrogen) atoms. The highest BCUT2D eigenvalue weighted by atomic mass is 16.5. The molecule has 0 aliphatic carbocycles. The lowest BCUT2D eigenvalue weighted by molar-refractivity contribution is 0.0879. The number of benzene rings is 1. The van der Waals surface area contributed by atoms with Crippen LogP contribution in [0.25, 0.3) is 10.9 Å². The first kappa shape index (κ1) is 19.9. The minimum absolute atomic E-state index is 0.137. The summed E-state index contributed by atoms with van der Waals surface area (Å²) in [7, 11) is 0. The molecule has 0 atom stereocenters. The maximum absolute atomic E-state index is 12.5. The molecule has 0 spiro atoms. The number of carbonyl (C=O) groups is 1. The van der Waals surface area contributed by atoms with Gasteiger partial charge in [-0.15, -0.1) is 0 Å². The average molecular weight is 372 g/mol. The molecule has 0 saturated carbocycles. The Morgan fingerprint density at radius 2 is 2.00 bits per heavy atom. The SMILES string of the molecule is CCCOCCC(=O)c1ccc2c(c1)c(C1CCN(C(C)C)CC1)cn2N. The molecular formula is C22H33N3O2. The van der Waals surface area contributed by atoms with E-state index in [1.807, 2.05) is 18.2 Å². The summed E-state index contributed by atoms with van der Waals surface area (Å²) in [6.45, 7) is 10.0. The number of ether oxygens (including phenoxy) is 1. The number of nitrogen functional groups attached to an aromatic ring is 1. The average Bonchev–Trinajstić information content (AvgIpc) is 3.01. The Hall–Kier alpha value is -1.85. The molecule has 1 saturated heterocycles. The van der Waals surface area contributed by atoms with Crippen LogP contribution in [-0.2, 0) is 4.74 Å². The molecule has 2 heterocycles. The van der Waals surface area contributed by atoms with Crippen LogP contribution in [0.2, 0.25) is 0 Å². The maximum Gasteiger partial charge on any atom is 0.165 e. The molecular weight excluding hydrogens is 338 g/mol. The topological polar surface area (TPSA) is 60.5 Å². The van der Waals surface area contributed by atoms with Crippen molar-refractivity contribution in [2.24, 2.45) is 0 Å². The van der Waals surface area contributed by atoms with Crippen LogP contribution in [0.4, 0.5) is 0 Å². The number of nitrogens with two attached hydrogens (primary N) is 1. The number of hydrogen-bond donors (Lipinski definition) is 1. The van der Waals surface area contributed by atoms with E-state index < -0.39 is 0 Å². The highest BCUT2D eigenvalue weighted by Gasteiger charge is 2.25. The van der Waals surface area contributed by atoms with Crippen LogP contribution in [0.5, 0.6) is 0 Å². The normalized spacial score (nSPS) is 16.4. The molecule has 2 N–H and O–H groups in total. The van der Waals surface area contributed by atoms with Crippen LogP contribution in [-0.4, -0.2) is 47.7 Å². The van der Waals surface area contributed by atoms with Gasteiger partial charge in [0.05, 0.1) is 12.1 Å². The number of Topliss-reactive ketones (excluding diaryl/α,β-unsaturated/α-hetero) is 1. The number of nitrogens with zero attached hydrogens (tertiary/aromatic N) is 2. The molecule has 2 aromatic rings. The summed E-state index contributed by atoms with van der Waals surface area (Å²) in [6.07, 6.45) is 5.74. The lowest BCUT2D eigenvalue weighted by Crippen LogP contribution is -2.37. The van der Waals surface area contributed by atoms with Crippen molar-refractivity contribution in [2.45, 2.75) is 58.4 Å². The summed E-state index contributed by atoms with van der Waals surface area (Å²) >= 11 is 0. The fraction of sp³-hybridized carbons (Fsp3) is 0.591. The minimum atomic E-state index is 0.137. The third-order valence-electron chi connectivity index (χ3n) is 5.71. The first-order valence-electron chi connectivity index (χ1n) is 10.3. The summed E-state index contributed by atoms with van der Waals surface area (Å²) in [5, 5.41) is 1.13. The Morgan fingerprint density at radius 1 is 1.26 bits per heavy atom. The second-order valence-electron chi connectivity index (χ2n) is 7.91. The van der Waals surface area contributed by atoms with Gasteiger partial charge in [0.25, 0.3) is 0 Å². The number of rotatable bonds is 8. The van der Waals surface area contributed by atoms with Crippen LogP contribution in [0.1, 0.15) is 68.3 Å². The number of likely N-dealkylation sites (tertiary alicyclic amines) is 1. The zero-order valence-corrected chi connectivity index (χ0v) is 16.9. The van der Waals surface area contributed by atoms with Crippen LogP contribution >= 0.6 is 0 Å². The fourth-order valence-corrected chi connectivity index (χ4v) is 4.06. The molecule has 5 nitrogen and oxygen atoms in total. The van der Waals surface area contributed by atoms with Crippen LogP contribution in [0.3, 0.4) is 0 Å². The van der Waals surface area contributed by atoms with Gasteiger partial charge in [0.2, 0.25) is 0 Å². The van der Waals surface area contributed by atoms with Crippen molar-refractivity contribution < 1.29 is 9.53 Å². The van der Waals surface area contributed by atoms with E-state index in [0.717, 1.165) is 48.8 Å². The van der Waals surface area contributed by atoms with Crippen LogP contribution in [0.15, 0.2) is 24.4 Å². The Bertz CT molecular complexity index is 773. The molecule has 1 fully saturated rings. The van der Waals surface area contributed by atoms with Crippen molar-refractivity contribution >= 4 is 16.7 Å².